The fourth-order valence-corrected chi connectivity index (χ4v) is 7.41. The van der Waals surface area contributed by atoms with Crippen LogP contribution in [-0.2, 0) is 20.8 Å². The van der Waals surface area contributed by atoms with E-state index in [1.807, 2.05) is 66.7 Å². The second-order valence-corrected chi connectivity index (χ2v) is 12.3. The average Bonchev–Trinajstić information content (AvgIpc) is 3.47. The third kappa shape index (κ3) is 5.15. The number of imide groups is 1. The first kappa shape index (κ1) is 28.9. The van der Waals surface area contributed by atoms with Crippen molar-refractivity contribution >= 4 is 57.6 Å². The van der Waals surface area contributed by atoms with E-state index in [1.54, 1.807) is 6.07 Å². The Kier molecular flexibility index (Phi) is 7.68. The van der Waals surface area contributed by atoms with E-state index < -0.39 is 46.1 Å². The molecule has 2 amide bonds. The quantitative estimate of drug-likeness (QED) is 0.109. The van der Waals surface area contributed by atoms with Crippen LogP contribution in [0.1, 0.15) is 17.2 Å². The normalized spacial score (nSPS) is 23.1. The van der Waals surface area contributed by atoms with Gasteiger partial charge in [-0.2, -0.15) is 0 Å². The number of hydrogen-bond donors (Lipinski definition) is 2. The summed E-state index contributed by atoms with van der Waals surface area (Å²) in [6, 6.07) is 25.5. The molecule has 0 spiro atoms. The Morgan fingerprint density at radius 2 is 1.70 bits per heavy atom. The number of nitrogens with zero attached hydrogens (tertiary/aromatic N) is 2. The maximum atomic E-state index is 14.1. The van der Waals surface area contributed by atoms with Crippen molar-refractivity contribution in [2.75, 3.05) is 12.3 Å². The molecule has 0 bridgehead atoms. The number of carboxylic acids is 1. The van der Waals surface area contributed by atoms with Crippen LogP contribution >= 0.6 is 23.4 Å². The number of hydrogen-bond acceptors (Lipinski definition) is 7. The number of nitro groups is 1. The molecule has 4 aromatic carbocycles. The molecule has 218 valence electrons. The predicted octanol–water partition coefficient (Wildman–Crippen LogP) is 5.51. The monoisotopic (exact) mass is 615 g/mol. The minimum Gasteiger partial charge on any atom is -0.480 e. The van der Waals surface area contributed by atoms with Crippen LogP contribution in [0.15, 0.2) is 95.9 Å². The number of halogens is 1. The van der Waals surface area contributed by atoms with Crippen molar-refractivity contribution in [3.63, 3.8) is 0 Å². The first-order valence-electron chi connectivity index (χ1n) is 13.7. The minimum absolute atomic E-state index is 0.0656. The summed E-state index contributed by atoms with van der Waals surface area (Å²) >= 11 is 7.72. The molecule has 2 N–H and O–H groups in total. The molecule has 0 saturated carbocycles. The van der Waals surface area contributed by atoms with Crippen molar-refractivity contribution in [2.24, 2.45) is 11.8 Å². The number of rotatable bonds is 9. The Bertz CT molecular complexity index is 1770. The Balaban J connectivity index is 1.42. The third-order valence-corrected chi connectivity index (χ3v) is 9.50. The number of carboxylic acid groups (broad SMARTS) is 1. The maximum Gasteiger partial charge on any atom is 0.325 e. The molecule has 0 aromatic heterocycles. The molecular weight excluding hydrogens is 590 g/mol. The highest BCUT2D eigenvalue weighted by Gasteiger charge is 2.68. The summed E-state index contributed by atoms with van der Waals surface area (Å²) in [4.78, 5) is 54.8. The number of amides is 2. The van der Waals surface area contributed by atoms with Crippen molar-refractivity contribution in [1.29, 1.82) is 0 Å². The van der Waals surface area contributed by atoms with Gasteiger partial charge in [-0.3, -0.25) is 34.7 Å². The highest BCUT2D eigenvalue weighted by atomic mass is 35.5. The highest BCUT2D eigenvalue weighted by molar-refractivity contribution is 7.99. The molecule has 0 radical (unpaired) electrons. The summed E-state index contributed by atoms with van der Waals surface area (Å²) in [6.45, 7) is 0.0697. The summed E-state index contributed by atoms with van der Waals surface area (Å²) in [5.41, 5.74) is -1.52. The van der Waals surface area contributed by atoms with Crippen LogP contribution in [0.5, 0.6) is 0 Å². The van der Waals surface area contributed by atoms with Gasteiger partial charge in [0.1, 0.15) is 5.54 Å². The van der Waals surface area contributed by atoms with E-state index in [2.05, 4.69) is 5.32 Å². The van der Waals surface area contributed by atoms with E-state index in [-0.39, 0.29) is 29.2 Å². The average molecular weight is 616 g/mol. The van der Waals surface area contributed by atoms with Crippen LogP contribution in [0.2, 0.25) is 5.02 Å². The number of likely N-dealkylation sites (tertiary alicyclic amines) is 1. The molecule has 2 heterocycles. The Hall–Kier alpha value is -4.25. The van der Waals surface area contributed by atoms with Gasteiger partial charge in [-0.1, -0.05) is 72.3 Å². The van der Waals surface area contributed by atoms with Gasteiger partial charge in [0.05, 0.1) is 22.8 Å². The number of nitrogens with one attached hydrogen (secondary N) is 1. The zero-order valence-electron chi connectivity index (χ0n) is 22.7. The van der Waals surface area contributed by atoms with Crippen molar-refractivity contribution in [1.82, 2.24) is 10.2 Å². The largest absolute Gasteiger partial charge is 0.480 e. The van der Waals surface area contributed by atoms with Gasteiger partial charge >= 0.3 is 5.97 Å². The fraction of sp³-hybridized carbons (Fsp3) is 0.219. The minimum atomic E-state index is -1.91. The van der Waals surface area contributed by atoms with Crippen LogP contribution in [0.25, 0.3) is 10.8 Å². The molecule has 2 saturated heterocycles. The van der Waals surface area contributed by atoms with E-state index in [0.717, 1.165) is 20.6 Å². The van der Waals surface area contributed by atoms with E-state index in [4.69, 9.17) is 11.6 Å². The molecule has 2 fully saturated rings. The fourth-order valence-electron chi connectivity index (χ4n) is 6.37. The maximum absolute atomic E-state index is 14.1. The molecule has 2 aliphatic rings. The summed E-state index contributed by atoms with van der Waals surface area (Å²) < 4.78 is 0. The van der Waals surface area contributed by atoms with Crippen molar-refractivity contribution < 1.29 is 24.4 Å². The summed E-state index contributed by atoms with van der Waals surface area (Å²) in [7, 11) is 0. The SMILES string of the molecule is O=C1C2C(c3cc(Cl)ccc3[N+](=O)[O-])NC(Cc3ccc4ccccc4c3)(C(=O)O)C2C(=O)N1CCSc1ccccc1. The molecule has 11 heteroatoms. The Morgan fingerprint density at radius 1 is 0.977 bits per heavy atom. The molecule has 9 nitrogen and oxygen atoms in total. The number of carbonyl (C=O) groups is 3. The molecule has 2 aliphatic heterocycles. The number of aliphatic carboxylic acids is 1. The number of fused-ring (bicyclic) bond motifs is 2. The van der Waals surface area contributed by atoms with Crippen molar-refractivity contribution in [3.05, 3.63) is 117 Å². The van der Waals surface area contributed by atoms with Crippen LogP contribution in [-0.4, -0.2) is 50.5 Å². The van der Waals surface area contributed by atoms with Gasteiger partial charge in [-0.05, 0) is 40.6 Å². The number of carbonyl (C=O) groups excluding carboxylic acids is 2. The highest BCUT2D eigenvalue weighted by Crippen LogP contribution is 2.51. The summed E-state index contributed by atoms with van der Waals surface area (Å²) in [6.07, 6.45) is -0.120. The van der Waals surface area contributed by atoms with E-state index in [9.17, 15) is 29.6 Å². The Morgan fingerprint density at radius 3 is 2.42 bits per heavy atom. The molecule has 6 rings (SSSR count). The number of thioether (sulfide) groups is 1. The number of nitro benzene ring substituents is 1. The second-order valence-electron chi connectivity index (χ2n) is 10.7. The lowest BCUT2D eigenvalue weighted by Crippen LogP contribution is -2.57. The van der Waals surface area contributed by atoms with E-state index in [1.165, 1.54) is 30.0 Å². The van der Waals surface area contributed by atoms with Gasteiger partial charge in [-0.25, -0.2) is 0 Å². The summed E-state index contributed by atoms with van der Waals surface area (Å²) in [5, 5.41) is 27.9. The van der Waals surface area contributed by atoms with Crippen LogP contribution in [0.4, 0.5) is 5.69 Å². The lowest BCUT2D eigenvalue weighted by atomic mass is 9.76. The lowest BCUT2D eigenvalue weighted by Gasteiger charge is -2.31. The topological polar surface area (TPSA) is 130 Å². The lowest BCUT2D eigenvalue weighted by molar-refractivity contribution is -0.385. The molecule has 0 aliphatic carbocycles. The molecule has 43 heavy (non-hydrogen) atoms. The zero-order chi connectivity index (χ0) is 30.3. The van der Waals surface area contributed by atoms with Gasteiger partial charge in [0, 0.05) is 40.3 Å². The zero-order valence-corrected chi connectivity index (χ0v) is 24.3. The summed E-state index contributed by atoms with van der Waals surface area (Å²) in [5.74, 6) is -4.55. The van der Waals surface area contributed by atoms with Gasteiger partial charge in [0.2, 0.25) is 11.8 Å². The first-order valence-corrected chi connectivity index (χ1v) is 15.0. The third-order valence-electron chi connectivity index (χ3n) is 8.27. The van der Waals surface area contributed by atoms with Crippen LogP contribution in [0, 0.1) is 22.0 Å². The smallest absolute Gasteiger partial charge is 0.325 e. The second kappa shape index (κ2) is 11.4. The molecular formula is C32H26ClN3O6S. The molecule has 4 atom stereocenters. The van der Waals surface area contributed by atoms with Gasteiger partial charge in [0.15, 0.2) is 0 Å². The first-order chi connectivity index (χ1) is 20.7. The molecule has 4 unspecified atom stereocenters. The van der Waals surface area contributed by atoms with Gasteiger partial charge in [-0.15, -0.1) is 11.8 Å². The van der Waals surface area contributed by atoms with Crippen molar-refractivity contribution in [3.8, 4) is 0 Å². The van der Waals surface area contributed by atoms with E-state index >= 15 is 0 Å². The van der Waals surface area contributed by atoms with Crippen LogP contribution in [0.3, 0.4) is 0 Å². The van der Waals surface area contributed by atoms with Gasteiger partial charge < -0.3 is 5.11 Å². The Labute approximate surface area is 256 Å². The standard InChI is InChI=1S/C32H26ClN3O6S/c33-22-12-13-25(36(41)42)24(17-22)28-26-27(30(38)35(29(26)37)14-15-43-23-8-2-1-3-9-23)32(34-28,31(39)40)18-19-10-11-20-6-4-5-7-21(20)16-19/h1-13,16-17,26-28,34H,14-15,18H2,(H,39,40). The van der Waals surface area contributed by atoms with E-state index in [0.29, 0.717) is 11.3 Å². The predicted molar refractivity (Wildman–Crippen MR) is 163 cm³/mol. The molecule has 4 aromatic rings. The van der Waals surface area contributed by atoms with Gasteiger partial charge in [0.25, 0.3) is 5.69 Å². The van der Waals surface area contributed by atoms with Crippen molar-refractivity contribution in [2.45, 2.75) is 22.9 Å². The number of benzene rings is 4. The van der Waals surface area contributed by atoms with Crippen LogP contribution < -0.4 is 5.32 Å².